The Bertz CT molecular complexity index is 680. The number of hydrogen-bond donors (Lipinski definition) is 1. The van der Waals surface area contributed by atoms with Gasteiger partial charge < -0.3 is 15.2 Å². The zero-order valence-corrected chi connectivity index (χ0v) is 13.3. The minimum Gasteiger partial charge on any atom is -0.550 e. The summed E-state index contributed by atoms with van der Waals surface area (Å²) in [6.45, 7) is 4.13. The number of aromatic nitrogens is 1. The van der Waals surface area contributed by atoms with Gasteiger partial charge in [0.25, 0.3) is 0 Å². The predicted octanol–water partition coefficient (Wildman–Crippen LogP) is 1.74. The van der Waals surface area contributed by atoms with Crippen LogP contribution in [0.1, 0.15) is 36.0 Å². The molecule has 5 nitrogen and oxygen atoms in total. The molecule has 2 rings (SSSR count). The van der Waals surface area contributed by atoms with Crippen LogP contribution < -0.4 is 10.4 Å². The van der Waals surface area contributed by atoms with Crippen molar-refractivity contribution >= 4 is 28.9 Å². The van der Waals surface area contributed by atoms with Crippen LogP contribution in [0.5, 0.6) is 0 Å². The number of carboxylic acids is 1. The Morgan fingerprint density at radius 2 is 2.00 bits per heavy atom. The van der Waals surface area contributed by atoms with E-state index in [9.17, 15) is 14.7 Å². The monoisotopic (exact) mass is 317 g/mol. The molecule has 0 aliphatic carbocycles. The summed E-state index contributed by atoms with van der Waals surface area (Å²) in [6, 6.07) is 7.68. The fourth-order valence-corrected chi connectivity index (χ4v) is 2.90. The number of hydrogen-bond acceptors (Lipinski definition) is 5. The van der Waals surface area contributed by atoms with Gasteiger partial charge in [0.1, 0.15) is 5.01 Å². The lowest BCUT2D eigenvalue weighted by Crippen LogP contribution is -2.24. The molecule has 1 heterocycles. The second-order valence-electron chi connectivity index (χ2n) is 5.25. The predicted molar refractivity (Wildman–Crippen MR) is 83.7 cm³/mol. The number of carbonyl (C=O) groups is 2. The Hall–Kier alpha value is -2.21. The fourth-order valence-electron chi connectivity index (χ4n) is 2.11. The highest BCUT2D eigenvalue weighted by atomic mass is 32.1. The first-order valence-electron chi connectivity index (χ1n) is 6.97. The van der Waals surface area contributed by atoms with Crippen LogP contribution in [0.15, 0.2) is 29.6 Å². The molecule has 1 N–H and O–H groups in total. The van der Waals surface area contributed by atoms with Gasteiger partial charge in [-0.15, -0.1) is 11.3 Å². The van der Waals surface area contributed by atoms with Crippen molar-refractivity contribution in [2.75, 3.05) is 5.32 Å². The zero-order chi connectivity index (χ0) is 16.1. The van der Waals surface area contributed by atoms with E-state index in [1.807, 2.05) is 24.3 Å². The van der Waals surface area contributed by atoms with Crippen LogP contribution in [0.4, 0.5) is 5.69 Å². The van der Waals surface area contributed by atoms with E-state index in [1.54, 1.807) is 5.38 Å². The zero-order valence-electron chi connectivity index (χ0n) is 12.5. The van der Waals surface area contributed by atoms with Gasteiger partial charge in [-0.2, -0.15) is 0 Å². The van der Waals surface area contributed by atoms with Gasteiger partial charge in [-0.05, 0) is 17.5 Å². The minimum atomic E-state index is -1.17. The van der Waals surface area contributed by atoms with Crippen molar-refractivity contribution in [3.63, 3.8) is 0 Å². The molecule has 0 radical (unpaired) electrons. The molecule has 0 unspecified atom stereocenters. The Kier molecular flexibility index (Phi) is 5.27. The van der Waals surface area contributed by atoms with Crippen LogP contribution in [0.3, 0.4) is 0 Å². The number of benzene rings is 1. The standard InChI is InChI=1S/C16H18N2O3S/c1-10(2)12-5-3-4-6-13(12)18-14(19)8-15-17-11(9-22-15)7-16(20)21/h3-6,9-10H,7-8H2,1-2H3,(H,18,19)(H,20,21)/p-1. The molecule has 0 bridgehead atoms. The lowest BCUT2D eigenvalue weighted by molar-refractivity contribution is -0.304. The first-order valence-corrected chi connectivity index (χ1v) is 7.85. The fraction of sp³-hybridized carbons (Fsp3) is 0.312. The summed E-state index contributed by atoms with van der Waals surface area (Å²) < 4.78 is 0. The second-order valence-corrected chi connectivity index (χ2v) is 6.19. The van der Waals surface area contributed by atoms with Crippen molar-refractivity contribution in [3.8, 4) is 0 Å². The Balaban J connectivity index is 2.01. The van der Waals surface area contributed by atoms with Crippen molar-refractivity contribution in [2.45, 2.75) is 32.6 Å². The van der Waals surface area contributed by atoms with Gasteiger partial charge in [0, 0.05) is 23.5 Å². The topological polar surface area (TPSA) is 82.1 Å². The smallest absolute Gasteiger partial charge is 0.231 e. The number of amides is 1. The molecule has 0 atom stereocenters. The molecule has 0 saturated carbocycles. The molecule has 116 valence electrons. The molecule has 1 amide bonds. The van der Waals surface area contributed by atoms with E-state index in [-0.39, 0.29) is 18.7 Å². The van der Waals surface area contributed by atoms with Crippen molar-refractivity contribution in [3.05, 3.63) is 45.9 Å². The number of para-hydroxylation sites is 1. The maximum Gasteiger partial charge on any atom is 0.231 e. The van der Waals surface area contributed by atoms with Crippen LogP contribution in [0.25, 0.3) is 0 Å². The quantitative estimate of drug-likeness (QED) is 0.880. The average Bonchev–Trinajstić information content (AvgIpc) is 2.85. The largest absolute Gasteiger partial charge is 0.550 e. The van der Waals surface area contributed by atoms with E-state index in [4.69, 9.17) is 0 Å². The molecule has 0 aliphatic rings. The third-order valence-corrected chi connectivity index (χ3v) is 3.99. The van der Waals surface area contributed by atoms with Crippen LogP contribution >= 0.6 is 11.3 Å². The van der Waals surface area contributed by atoms with Crippen molar-refractivity contribution in [1.29, 1.82) is 0 Å². The maximum atomic E-state index is 12.1. The van der Waals surface area contributed by atoms with Crippen LogP contribution in [-0.2, 0) is 22.4 Å². The third-order valence-electron chi connectivity index (χ3n) is 3.09. The molecular formula is C16H17N2O3S-. The highest BCUT2D eigenvalue weighted by Crippen LogP contribution is 2.24. The molecule has 1 aromatic carbocycles. The summed E-state index contributed by atoms with van der Waals surface area (Å²) in [7, 11) is 0. The number of thiazole rings is 1. The van der Waals surface area contributed by atoms with Crippen LogP contribution in [-0.4, -0.2) is 16.9 Å². The summed E-state index contributed by atoms with van der Waals surface area (Å²) in [5, 5.41) is 15.6. The van der Waals surface area contributed by atoms with E-state index >= 15 is 0 Å². The normalized spacial score (nSPS) is 10.7. The number of carbonyl (C=O) groups excluding carboxylic acids is 2. The minimum absolute atomic E-state index is 0.129. The molecular weight excluding hydrogens is 300 g/mol. The Morgan fingerprint density at radius 3 is 2.68 bits per heavy atom. The number of carboxylic acid groups (broad SMARTS) is 1. The molecule has 22 heavy (non-hydrogen) atoms. The van der Waals surface area contributed by atoms with E-state index in [2.05, 4.69) is 24.1 Å². The molecule has 0 saturated heterocycles. The first kappa shape index (κ1) is 16.2. The molecule has 0 fully saturated rings. The van der Waals surface area contributed by atoms with E-state index in [0.29, 0.717) is 16.6 Å². The van der Waals surface area contributed by atoms with Gasteiger partial charge in [0.05, 0.1) is 12.1 Å². The van der Waals surface area contributed by atoms with Gasteiger partial charge in [-0.25, -0.2) is 4.98 Å². The van der Waals surface area contributed by atoms with Crippen molar-refractivity contribution in [1.82, 2.24) is 4.98 Å². The number of nitrogens with zero attached hydrogens (tertiary/aromatic N) is 1. The lowest BCUT2D eigenvalue weighted by atomic mass is 10.0. The average molecular weight is 317 g/mol. The second kappa shape index (κ2) is 7.17. The Labute approximate surface area is 133 Å². The summed E-state index contributed by atoms with van der Waals surface area (Å²) in [5.41, 5.74) is 2.30. The first-order chi connectivity index (χ1) is 10.5. The summed E-state index contributed by atoms with van der Waals surface area (Å²) in [6.07, 6.45) is -0.0988. The summed E-state index contributed by atoms with van der Waals surface area (Å²) >= 11 is 1.28. The summed E-state index contributed by atoms with van der Waals surface area (Å²) in [5.74, 6) is -1.03. The van der Waals surface area contributed by atoms with Gasteiger partial charge in [0.15, 0.2) is 0 Å². The molecule has 6 heteroatoms. The van der Waals surface area contributed by atoms with Crippen molar-refractivity contribution in [2.24, 2.45) is 0 Å². The van der Waals surface area contributed by atoms with Crippen LogP contribution in [0.2, 0.25) is 0 Å². The number of rotatable bonds is 6. The molecule has 1 aromatic heterocycles. The van der Waals surface area contributed by atoms with Gasteiger partial charge in [-0.1, -0.05) is 32.0 Å². The summed E-state index contributed by atoms with van der Waals surface area (Å²) in [4.78, 5) is 26.8. The van der Waals surface area contributed by atoms with E-state index < -0.39 is 5.97 Å². The number of anilines is 1. The maximum absolute atomic E-state index is 12.1. The van der Waals surface area contributed by atoms with Gasteiger partial charge in [0.2, 0.25) is 5.91 Å². The number of nitrogens with one attached hydrogen (secondary N) is 1. The van der Waals surface area contributed by atoms with Gasteiger partial charge in [-0.3, -0.25) is 4.79 Å². The molecule has 0 spiro atoms. The molecule has 0 aliphatic heterocycles. The Morgan fingerprint density at radius 1 is 1.27 bits per heavy atom. The molecule has 2 aromatic rings. The van der Waals surface area contributed by atoms with Crippen LogP contribution in [0, 0.1) is 0 Å². The van der Waals surface area contributed by atoms with E-state index in [0.717, 1.165) is 11.3 Å². The highest BCUT2D eigenvalue weighted by Gasteiger charge is 2.11. The highest BCUT2D eigenvalue weighted by molar-refractivity contribution is 7.09. The SMILES string of the molecule is CC(C)c1ccccc1NC(=O)Cc1nc(CC(=O)[O-])cs1. The lowest BCUT2D eigenvalue weighted by Gasteiger charge is -2.13. The van der Waals surface area contributed by atoms with Gasteiger partial charge >= 0.3 is 0 Å². The number of aliphatic carboxylic acids is 1. The third kappa shape index (κ3) is 4.39. The van der Waals surface area contributed by atoms with E-state index in [1.165, 1.54) is 11.3 Å². The van der Waals surface area contributed by atoms with Crippen molar-refractivity contribution < 1.29 is 14.7 Å².